The molecule has 9 aromatic carbocycles. The molecule has 0 fully saturated rings. The zero-order valence-corrected chi connectivity index (χ0v) is 32.6. The lowest BCUT2D eigenvalue weighted by atomic mass is 9.98. The zero-order valence-electron chi connectivity index (χ0n) is 32.6. The summed E-state index contributed by atoms with van der Waals surface area (Å²) < 4.78 is 4.58. The van der Waals surface area contributed by atoms with Crippen molar-refractivity contribution in [3.05, 3.63) is 218 Å². The summed E-state index contributed by atoms with van der Waals surface area (Å²) in [6, 6.07) is 78.0. The number of aromatic nitrogens is 4. The van der Waals surface area contributed by atoms with E-state index in [0.717, 1.165) is 44.1 Å². The van der Waals surface area contributed by atoms with Gasteiger partial charge in [-0.05, 0) is 88.0 Å². The van der Waals surface area contributed by atoms with Gasteiger partial charge in [0.2, 0.25) is 5.95 Å². The van der Waals surface area contributed by atoms with Gasteiger partial charge >= 0.3 is 0 Å². The van der Waals surface area contributed by atoms with Crippen molar-refractivity contribution in [3.63, 3.8) is 0 Å². The smallest absolute Gasteiger partial charge is 0.235 e. The van der Waals surface area contributed by atoms with Crippen LogP contribution in [0.5, 0.6) is 0 Å². The molecule has 0 amide bonds. The van der Waals surface area contributed by atoms with Gasteiger partial charge < -0.3 is 4.57 Å². The molecule has 12 aromatic rings. The average Bonchev–Trinajstić information content (AvgIpc) is 3.84. The van der Waals surface area contributed by atoms with Crippen LogP contribution in [0.1, 0.15) is 0 Å². The fraction of sp³-hybridized carbons (Fsp3) is 0. The molecule has 12 rings (SSSR count). The van der Waals surface area contributed by atoms with Crippen molar-refractivity contribution in [1.82, 2.24) is 19.1 Å². The number of fused-ring (bicyclic) bond motifs is 7. The SMILES string of the molecule is c1ccc(-c2ccc(-c3nc(-n4c5ccccc5c5cc(-c6ccc(-c7ccc8c(c7)c7ccccc7n8-c7ccccc7)cc6)ccc54)nc4ccccc34)cc2)cc1. The maximum Gasteiger partial charge on any atom is 0.235 e. The molecule has 0 aliphatic heterocycles. The van der Waals surface area contributed by atoms with Crippen molar-refractivity contribution in [3.8, 4) is 56.3 Å². The molecule has 0 saturated heterocycles. The molecule has 0 radical (unpaired) electrons. The molecule has 0 N–H and O–H groups in total. The molecule has 0 saturated carbocycles. The van der Waals surface area contributed by atoms with Crippen LogP contribution in [0.4, 0.5) is 0 Å². The highest BCUT2D eigenvalue weighted by atomic mass is 15.2. The van der Waals surface area contributed by atoms with Crippen molar-refractivity contribution in [2.75, 3.05) is 0 Å². The Bertz CT molecular complexity index is 3560. The first-order valence-corrected chi connectivity index (χ1v) is 20.4. The Labute approximate surface area is 346 Å². The van der Waals surface area contributed by atoms with Crippen molar-refractivity contribution >= 4 is 54.5 Å². The zero-order chi connectivity index (χ0) is 39.6. The van der Waals surface area contributed by atoms with E-state index in [0.29, 0.717) is 5.95 Å². The summed E-state index contributed by atoms with van der Waals surface area (Å²) in [4.78, 5) is 10.5. The van der Waals surface area contributed by atoms with Crippen molar-refractivity contribution in [2.24, 2.45) is 0 Å². The molecular weight excluding hydrogens is 729 g/mol. The van der Waals surface area contributed by atoms with E-state index in [4.69, 9.17) is 9.97 Å². The Morgan fingerprint density at radius 1 is 0.267 bits per heavy atom. The second-order valence-corrected chi connectivity index (χ2v) is 15.4. The van der Waals surface area contributed by atoms with Crippen molar-refractivity contribution in [1.29, 1.82) is 0 Å². The first-order valence-electron chi connectivity index (χ1n) is 20.4. The van der Waals surface area contributed by atoms with Gasteiger partial charge in [0.05, 0.1) is 33.3 Å². The molecule has 0 aliphatic carbocycles. The van der Waals surface area contributed by atoms with Gasteiger partial charge in [-0.2, -0.15) is 0 Å². The molecule has 60 heavy (non-hydrogen) atoms. The lowest BCUT2D eigenvalue weighted by Gasteiger charge is -2.12. The van der Waals surface area contributed by atoms with E-state index in [1.54, 1.807) is 0 Å². The number of benzene rings is 9. The van der Waals surface area contributed by atoms with Crippen LogP contribution >= 0.6 is 0 Å². The highest BCUT2D eigenvalue weighted by molar-refractivity contribution is 6.11. The number of hydrogen-bond donors (Lipinski definition) is 0. The fourth-order valence-corrected chi connectivity index (χ4v) is 9.07. The van der Waals surface area contributed by atoms with Crippen LogP contribution in [0.2, 0.25) is 0 Å². The van der Waals surface area contributed by atoms with E-state index in [1.807, 2.05) is 12.1 Å². The summed E-state index contributed by atoms with van der Waals surface area (Å²) in [7, 11) is 0. The second-order valence-electron chi connectivity index (χ2n) is 15.4. The van der Waals surface area contributed by atoms with Crippen LogP contribution in [0.3, 0.4) is 0 Å². The maximum absolute atomic E-state index is 5.34. The van der Waals surface area contributed by atoms with Crippen molar-refractivity contribution < 1.29 is 0 Å². The van der Waals surface area contributed by atoms with E-state index in [9.17, 15) is 0 Å². The van der Waals surface area contributed by atoms with Gasteiger partial charge in [-0.15, -0.1) is 0 Å². The van der Waals surface area contributed by atoms with E-state index < -0.39 is 0 Å². The average molecular weight is 765 g/mol. The number of para-hydroxylation sites is 4. The molecule has 0 atom stereocenters. The summed E-state index contributed by atoms with van der Waals surface area (Å²) >= 11 is 0. The summed E-state index contributed by atoms with van der Waals surface area (Å²) in [6.45, 7) is 0. The summed E-state index contributed by atoms with van der Waals surface area (Å²) in [5.74, 6) is 0.656. The number of rotatable bonds is 6. The van der Waals surface area contributed by atoms with Gasteiger partial charge in [-0.1, -0.05) is 164 Å². The third kappa shape index (κ3) is 5.53. The minimum atomic E-state index is 0.656. The van der Waals surface area contributed by atoms with Gasteiger partial charge in [-0.25, -0.2) is 9.97 Å². The molecular formula is C56H36N4. The van der Waals surface area contributed by atoms with Crippen LogP contribution < -0.4 is 0 Å². The molecule has 3 aromatic heterocycles. The van der Waals surface area contributed by atoms with E-state index in [2.05, 4.69) is 215 Å². The topological polar surface area (TPSA) is 35.6 Å². The van der Waals surface area contributed by atoms with Gasteiger partial charge in [-0.3, -0.25) is 4.57 Å². The van der Waals surface area contributed by atoms with Gasteiger partial charge in [0, 0.05) is 38.2 Å². The lowest BCUT2D eigenvalue weighted by Crippen LogP contribution is -2.03. The van der Waals surface area contributed by atoms with Gasteiger partial charge in [0.25, 0.3) is 0 Å². The largest absolute Gasteiger partial charge is 0.309 e. The highest BCUT2D eigenvalue weighted by Crippen LogP contribution is 2.38. The quantitative estimate of drug-likeness (QED) is 0.169. The number of nitrogens with zero attached hydrogens (tertiary/aromatic N) is 4. The van der Waals surface area contributed by atoms with E-state index in [-0.39, 0.29) is 0 Å². The molecule has 280 valence electrons. The predicted octanol–water partition coefficient (Wildman–Crippen LogP) is 14.5. The Hall–Kier alpha value is -8.08. The fourth-order valence-electron chi connectivity index (χ4n) is 9.07. The highest BCUT2D eigenvalue weighted by Gasteiger charge is 2.18. The van der Waals surface area contributed by atoms with E-state index >= 15 is 0 Å². The van der Waals surface area contributed by atoms with Gasteiger partial charge in [0.15, 0.2) is 0 Å². The third-order valence-electron chi connectivity index (χ3n) is 12.0. The minimum Gasteiger partial charge on any atom is -0.309 e. The Kier molecular flexibility index (Phi) is 7.82. The van der Waals surface area contributed by atoms with E-state index in [1.165, 1.54) is 60.7 Å². The van der Waals surface area contributed by atoms with Crippen LogP contribution in [-0.2, 0) is 0 Å². The standard InChI is InChI=1S/C56H36N4/c1-3-13-37(14-4-1)38-27-29-41(30-28-38)55-47-19-7-10-20-50(47)57-56(58-55)60-52-22-12-9-18-46(52)49-36-43(32-34-54(49)60)40-25-23-39(24-26-40)42-31-33-53-48(35-42)45-17-8-11-21-51(45)59(53)44-15-5-2-6-16-44/h1-36H. The maximum atomic E-state index is 5.34. The van der Waals surface area contributed by atoms with Crippen molar-refractivity contribution in [2.45, 2.75) is 0 Å². The molecule has 4 nitrogen and oxygen atoms in total. The molecule has 0 bridgehead atoms. The predicted molar refractivity (Wildman–Crippen MR) is 250 cm³/mol. The second kappa shape index (κ2) is 13.8. The number of hydrogen-bond acceptors (Lipinski definition) is 2. The van der Waals surface area contributed by atoms with Gasteiger partial charge in [0.1, 0.15) is 0 Å². The Balaban J connectivity index is 0.930. The Morgan fingerprint density at radius 3 is 1.30 bits per heavy atom. The molecule has 0 aliphatic rings. The molecule has 4 heteroatoms. The summed E-state index contributed by atoms with van der Waals surface area (Å²) in [5, 5.41) is 5.86. The van der Waals surface area contributed by atoms with Crippen LogP contribution in [0.15, 0.2) is 218 Å². The Morgan fingerprint density at radius 2 is 0.683 bits per heavy atom. The molecule has 0 unspecified atom stereocenters. The normalized spacial score (nSPS) is 11.7. The first-order chi connectivity index (χ1) is 29.7. The van der Waals surface area contributed by atoms with Crippen LogP contribution in [-0.4, -0.2) is 19.1 Å². The first kappa shape index (κ1) is 34.0. The monoisotopic (exact) mass is 764 g/mol. The minimum absolute atomic E-state index is 0.656. The van der Waals surface area contributed by atoms with Crippen LogP contribution in [0.25, 0.3) is 111 Å². The summed E-state index contributed by atoms with van der Waals surface area (Å²) in [6.07, 6.45) is 0. The summed E-state index contributed by atoms with van der Waals surface area (Å²) in [5.41, 5.74) is 15.7. The lowest BCUT2D eigenvalue weighted by molar-refractivity contribution is 1.01. The van der Waals surface area contributed by atoms with Crippen LogP contribution in [0, 0.1) is 0 Å². The molecule has 3 heterocycles. The third-order valence-corrected chi connectivity index (χ3v) is 12.0. The molecule has 0 spiro atoms.